The molecule has 1 saturated heterocycles. The molecule has 2 atom stereocenters. The number of aliphatic hydroxyl groups excluding tert-OH is 1. The Morgan fingerprint density at radius 1 is 1.35 bits per heavy atom. The number of aliphatic hydroxyl groups is 1. The van der Waals surface area contributed by atoms with Gasteiger partial charge in [0.05, 0.1) is 12.5 Å². The van der Waals surface area contributed by atoms with Crippen molar-refractivity contribution >= 4 is 11.8 Å². The molecule has 1 aliphatic rings. The number of carbonyl (C=O) groups is 2. The van der Waals surface area contributed by atoms with Crippen LogP contribution in [-0.2, 0) is 16.1 Å². The van der Waals surface area contributed by atoms with Crippen molar-refractivity contribution in [1.82, 2.24) is 10.2 Å². The smallest absolute Gasteiger partial charge is 0.245 e. The van der Waals surface area contributed by atoms with Gasteiger partial charge in [0.2, 0.25) is 11.8 Å². The van der Waals surface area contributed by atoms with Crippen molar-refractivity contribution in [3.63, 3.8) is 0 Å². The summed E-state index contributed by atoms with van der Waals surface area (Å²) in [6.07, 6.45) is 0.901. The zero-order chi connectivity index (χ0) is 16.8. The van der Waals surface area contributed by atoms with Crippen LogP contribution in [0.5, 0.6) is 0 Å². The van der Waals surface area contributed by atoms with Crippen molar-refractivity contribution in [3.8, 4) is 0 Å². The van der Waals surface area contributed by atoms with Gasteiger partial charge in [-0.2, -0.15) is 0 Å². The Balaban J connectivity index is 1.90. The first-order valence-corrected chi connectivity index (χ1v) is 8.27. The normalized spacial score (nSPS) is 19.7. The summed E-state index contributed by atoms with van der Waals surface area (Å²) in [5, 5.41) is 12.6. The summed E-state index contributed by atoms with van der Waals surface area (Å²) in [6, 6.07) is 9.37. The minimum Gasteiger partial charge on any atom is -0.392 e. The quantitative estimate of drug-likeness (QED) is 0.839. The summed E-state index contributed by atoms with van der Waals surface area (Å²) in [5.74, 6) is -0.268. The van der Waals surface area contributed by atoms with Crippen LogP contribution >= 0.6 is 0 Å². The molecular weight excluding hydrogens is 292 g/mol. The van der Waals surface area contributed by atoms with Crippen LogP contribution in [0, 0.1) is 5.92 Å². The lowest BCUT2D eigenvalue weighted by atomic mass is 10.0. The highest BCUT2D eigenvalue weighted by atomic mass is 16.3. The Bertz CT molecular complexity index is 530. The summed E-state index contributed by atoms with van der Waals surface area (Å²) in [7, 11) is 0. The van der Waals surface area contributed by atoms with E-state index in [-0.39, 0.29) is 24.2 Å². The maximum absolute atomic E-state index is 12.5. The molecule has 1 fully saturated rings. The van der Waals surface area contributed by atoms with E-state index < -0.39 is 12.1 Å². The number of carbonyl (C=O) groups excluding carboxylic acids is 2. The third kappa shape index (κ3) is 5.06. The molecule has 0 aliphatic carbocycles. The molecule has 1 aromatic carbocycles. The van der Waals surface area contributed by atoms with Crippen LogP contribution in [0.2, 0.25) is 0 Å². The fourth-order valence-corrected chi connectivity index (χ4v) is 2.71. The first-order chi connectivity index (χ1) is 11.0. The van der Waals surface area contributed by atoms with E-state index in [0.29, 0.717) is 19.5 Å². The summed E-state index contributed by atoms with van der Waals surface area (Å²) >= 11 is 0. The molecule has 0 unspecified atom stereocenters. The number of piperidine rings is 1. The first kappa shape index (κ1) is 17.5. The van der Waals surface area contributed by atoms with E-state index in [2.05, 4.69) is 5.32 Å². The van der Waals surface area contributed by atoms with Crippen molar-refractivity contribution < 1.29 is 14.7 Å². The molecule has 0 bridgehead atoms. The van der Waals surface area contributed by atoms with Crippen LogP contribution < -0.4 is 5.32 Å². The van der Waals surface area contributed by atoms with Crippen LogP contribution in [0.4, 0.5) is 0 Å². The zero-order valence-electron chi connectivity index (χ0n) is 13.9. The molecule has 0 aromatic heterocycles. The molecule has 5 nitrogen and oxygen atoms in total. The van der Waals surface area contributed by atoms with E-state index in [1.807, 2.05) is 44.2 Å². The van der Waals surface area contributed by atoms with Crippen LogP contribution in [0.1, 0.15) is 38.7 Å². The minimum atomic E-state index is -0.672. The van der Waals surface area contributed by atoms with Gasteiger partial charge in [-0.05, 0) is 24.3 Å². The fourth-order valence-electron chi connectivity index (χ4n) is 2.71. The summed E-state index contributed by atoms with van der Waals surface area (Å²) in [4.78, 5) is 26.3. The average molecular weight is 318 g/mol. The maximum atomic E-state index is 12.5. The molecule has 2 amide bonds. The molecule has 5 heteroatoms. The monoisotopic (exact) mass is 318 g/mol. The number of nitrogens with one attached hydrogen (secondary N) is 1. The van der Waals surface area contributed by atoms with Crippen molar-refractivity contribution in [2.75, 3.05) is 6.54 Å². The van der Waals surface area contributed by atoms with Crippen molar-refractivity contribution in [2.45, 2.75) is 51.8 Å². The molecule has 0 spiro atoms. The molecule has 1 aliphatic heterocycles. The Morgan fingerprint density at radius 2 is 2.04 bits per heavy atom. The van der Waals surface area contributed by atoms with Crippen molar-refractivity contribution in [1.29, 1.82) is 0 Å². The number of hydrogen-bond acceptors (Lipinski definition) is 3. The summed E-state index contributed by atoms with van der Waals surface area (Å²) < 4.78 is 0. The van der Waals surface area contributed by atoms with Gasteiger partial charge in [0.25, 0.3) is 0 Å². The minimum absolute atomic E-state index is 0.0254. The predicted molar refractivity (Wildman–Crippen MR) is 88.5 cm³/mol. The molecular formula is C18H26N2O3. The van der Waals surface area contributed by atoms with Gasteiger partial charge in [-0.15, -0.1) is 0 Å². The predicted octanol–water partition coefficient (Wildman–Crippen LogP) is 1.70. The van der Waals surface area contributed by atoms with E-state index >= 15 is 0 Å². The highest BCUT2D eigenvalue weighted by Gasteiger charge is 2.30. The number of rotatable bonds is 6. The van der Waals surface area contributed by atoms with Gasteiger partial charge in [-0.1, -0.05) is 44.2 Å². The Morgan fingerprint density at radius 3 is 2.70 bits per heavy atom. The van der Waals surface area contributed by atoms with Crippen molar-refractivity contribution in [2.24, 2.45) is 5.92 Å². The molecule has 23 heavy (non-hydrogen) atoms. The maximum Gasteiger partial charge on any atom is 0.245 e. The van der Waals surface area contributed by atoms with Gasteiger partial charge in [-0.25, -0.2) is 0 Å². The second-order valence-corrected chi connectivity index (χ2v) is 6.52. The van der Waals surface area contributed by atoms with Crippen LogP contribution in [0.25, 0.3) is 0 Å². The molecule has 1 heterocycles. The van der Waals surface area contributed by atoms with Crippen molar-refractivity contribution in [3.05, 3.63) is 35.9 Å². The SMILES string of the molecule is CC(C)[C@@H](O)CC(=O)N[C@H]1CCCN(Cc2ccccc2)C1=O. The van der Waals surface area contributed by atoms with Gasteiger partial charge in [0.15, 0.2) is 0 Å². The number of likely N-dealkylation sites (tertiary alicyclic amines) is 1. The Hall–Kier alpha value is -1.88. The highest BCUT2D eigenvalue weighted by Crippen LogP contribution is 2.16. The number of nitrogens with zero attached hydrogens (tertiary/aromatic N) is 1. The van der Waals surface area contributed by atoms with Gasteiger partial charge in [0, 0.05) is 13.1 Å². The van der Waals surface area contributed by atoms with E-state index in [1.165, 1.54) is 0 Å². The highest BCUT2D eigenvalue weighted by molar-refractivity contribution is 5.88. The fraction of sp³-hybridized carbons (Fsp3) is 0.556. The molecule has 2 N–H and O–H groups in total. The second-order valence-electron chi connectivity index (χ2n) is 6.52. The van der Waals surface area contributed by atoms with E-state index in [0.717, 1.165) is 12.0 Å². The molecule has 1 aromatic rings. The first-order valence-electron chi connectivity index (χ1n) is 8.27. The van der Waals surface area contributed by atoms with Gasteiger partial charge >= 0.3 is 0 Å². The third-order valence-electron chi connectivity index (χ3n) is 4.25. The van der Waals surface area contributed by atoms with Crippen LogP contribution in [-0.4, -0.2) is 40.5 Å². The summed E-state index contributed by atoms with van der Waals surface area (Å²) in [6.45, 7) is 5.02. The third-order valence-corrected chi connectivity index (χ3v) is 4.25. The Labute approximate surface area is 137 Å². The molecule has 0 radical (unpaired) electrons. The number of benzene rings is 1. The molecule has 126 valence electrons. The lowest BCUT2D eigenvalue weighted by Gasteiger charge is -2.33. The van der Waals surface area contributed by atoms with Gasteiger partial charge in [-0.3, -0.25) is 9.59 Å². The van der Waals surface area contributed by atoms with Crippen LogP contribution in [0.15, 0.2) is 30.3 Å². The lowest BCUT2D eigenvalue weighted by molar-refractivity contribution is -0.140. The molecule has 0 saturated carbocycles. The second kappa shape index (κ2) is 8.11. The molecule has 2 rings (SSSR count). The standard InChI is InChI=1S/C18H26N2O3/c1-13(2)16(21)11-17(22)19-15-9-6-10-20(18(15)23)12-14-7-4-3-5-8-14/h3-5,7-8,13,15-16,21H,6,9-12H2,1-2H3,(H,19,22)/t15-,16-/m0/s1. The number of hydrogen-bond donors (Lipinski definition) is 2. The van der Waals surface area contributed by atoms with Gasteiger partial charge in [0.1, 0.15) is 6.04 Å². The lowest BCUT2D eigenvalue weighted by Crippen LogP contribution is -2.52. The average Bonchev–Trinajstić information content (AvgIpc) is 2.52. The van der Waals surface area contributed by atoms with E-state index in [9.17, 15) is 14.7 Å². The van der Waals surface area contributed by atoms with Gasteiger partial charge < -0.3 is 15.3 Å². The number of amides is 2. The topological polar surface area (TPSA) is 69.6 Å². The van der Waals surface area contributed by atoms with Crippen LogP contribution in [0.3, 0.4) is 0 Å². The summed E-state index contributed by atoms with van der Waals surface area (Å²) in [5.41, 5.74) is 1.09. The zero-order valence-corrected chi connectivity index (χ0v) is 13.9. The van der Waals surface area contributed by atoms with E-state index in [4.69, 9.17) is 0 Å². The Kier molecular flexibility index (Phi) is 6.16. The largest absolute Gasteiger partial charge is 0.392 e. The van der Waals surface area contributed by atoms with E-state index in [1.54, 1.807) is 4.90 Å².